The fourth-order valence-corrected chi connectivity index (χ4v) is 4.66. The largest absolute Gasteiger partial charge is 0.464 e. The van der Waals surface area contributed by atoms with Gasteiger partial charge in [-0.1, -0.05) is 42.5 Å². The van der Waals surface area contributed by atoms with E-state index < -0.39 is 22.0 Å². The Hall–Kier alpha value is -3.13. The molecule has 0 amide bonds. The van der Waals surface area contributed by atoms with Gasteiger partial charge in [0.15, 0.2) is 11.5 Å². The highest BCUT2D eigenvalue weighted by Crippen LogP contribution is 2.37. The third-order valence-electron chi connectivity index (χ3n) is 4.24. The summed E-state index contributed by atoms with van der Waals surface area (Å²) in [6, 6.07) is 15.0. The van der Waals surface area contributed by atoms with Crippen LogP contribution in [0.25, 0.3) is 5.76 Å². The molecule has 7 nitrogen and oxygen atoms in total. The number of carbonyl (C=O) groups excluding carboxylic acids is 2. The van der Waals surface area contributed by atoms with E-state index in [0.29, 0.717) is 0 Å². The van der Waals surface area contributed by atoms with Crippen molar-refractivity contribution in [3.8, 4) is 0 Å². The minimum Gasteiger partial charge on any atom is -0.464 e. The van der Waals surface area contributed by atoms with Gasteiger partial charge in [0.1, 0.15) is 0 Å². The Labute approximate surface area is 163 Å². The first kappa shape index (κ1) is 19.6. The number of hydrogen-bond donors (Lipinski definition) is 0. The van der Waals surface area contributed by atoms with Crippen LogP contribution in [0.5, 0.6) is 0 Å². The van der Waals surface area contributed by atoms with Crippen molar-refractivity contribution in [1.82, 2.24) is 4.31 Å². The van der Waals surface area contributed by atoms with E-state index in [1.807, 2.05) is 6.07 Å². The van der Waals surface area contributed by atoms with Crippen LogP contribution in [0, 0.1) is 0 Å². The van der Waals surface area contributed by atoms with Gasteiger partial charge in [0.2, 0.25) is 0 Å². The Kier molecular flexibility index (Phi) is 5.51. The standard InChI is InChI=1S/C20H19NO6S/c1-3-21-18(20(23)26-2)19(15-11-7-8-12-16(15)28(21,24)25)27-17(22)13-14-9-5-4-6-10-14/h4-12H,3,13H2,1-2H3. The summed E-state index contributed by atoms with van der Waals surface area (Å²) in [6.07, 6.45) is -0.0279. The van der Waals surface area contributed by atoms with Gasteiger partial charge in [-0.25, -0.2) is 13.2 Å². The number of hydrogen-bond acceptors (Lipinski definition) is 6. The van der Waals surface area contributed by atoms with Crippen molar-refractivity contribution in [2.24, 2.45) is 0 Å². The number of sulfonamides is 1. The number of fused-ring (bicyclic) bond motifs is 1. The first-order valence-electron chi connectivity index (χ1n) is 8.59. The van der Waals surface area contributed by atoms with Crippen molar-refractivity contribution in [3.63, 3.8) is 0 Å². The summed E-state index contributed by atoms with van der Waals surface area (Å²) in [6.45, 7) is 1.55. The minimum atomic E-state index is -3.98. The molecule has 0 aromatic heterocycles. The molecule has 0 fully saturated rings. The van der Waals surface area contributed by atoms with Crippen molar-refractivity contribution in [2.45, 2.75) is 18.2 Å². The van der Waals surface area contributed by atoms with Gasteiger partial charge in [-0.05, 0) is 24.6 Å². The molecule has 1 aliphatic heterocycles. The number of benzene rings is 2. The second-order valence-corrected chi connectivity index (χ2v) is 7.80. The van der Waals surface area contributed by atoms with Crippen molar-refractivity contribution in [2.75, 3.05) is 13.7 Å². The number of ether oxygens (including phenoxy) is 2. The topological polar surface area (TPSA) is 90.0 Å². The molecule has 0 saturated carbocycles. The normalized spacial score (nSPS) is 15.0. The highest BCUT2D eigenvalue weighted by molar-refractivity contribution is 7.89. The molecule has 0 spiro atoms. The van der Waals surface area contributed by atoms with E-state index >= 15 is 0 Å². The summed E-state index contributed by atoms with van der Waals surface area (Å²) in [7, 11) is -2.84. The van der Waals surface area contributed by atoms with Crippen LogP contribution in [0.15, 0.2) is 65.2 Å². The molecule has 0 unspecified atom stereocenters. The molecule has 28 heavy (non-hydrogen) atoms. The third-order valence-corrected chi connectivity index (χ3v) is 6.17. The predicted octanol–water partition coefficient (Wildman–Crippen LogP) is 2.34. The molecule has 1 aliphatic rings. The predicted molar refractivity (Wildman–Crippen MR) is 101 cm³/mol. The second kappa shape index (κ2) is 7.85. The van der Waals surface area contributed by atoms with E-state index in [2.05, 4.69) is 0 Å². The monoisotopic (exact) mass is 401 g/mol. The van der Waals surface area contributed by atoms with E-state index in [0.717, 1.165) is 17.0 Å². The Bertz CT molecular complexity index is 1040. The van der Waals surface area contributed by atoms with Crippen molar-refractivity contribution in [1.29, 1.82) is 0 Å². The molecule has 2 aromatic rings. The highest BCUT2D eigenvalue weighted by Gasteiger charge is 2.41. The van der Waals surface area contributed by atoms with Gasteiger partial charge in [-0.15, -0.1) is 0 Å². The Morgan fingerprint density at radius 1 is 1.00 bits per heavy atom. The van der Waals surface area contributed by atoms with E-state index in [1.54, 1.807) is 43.3 Å². The van der Waals surface area contributed by atoms with Crippen molar-refractivity contribution < 1.29 is 27.5 Å². The fourth-order valence-electron chi connectivity index (χ4n) is 2.99. The maximum atomic E-state index is 12.9. The quantitative estimate of drug-likeness (QED) is 0.715. The molecule has 0 atom stereocenters. The number of carbonyl (C=O) groups is 2. The molecule has 0 aliphatic carbocycles. The van der Waals surface area contributed by atoms with Crippen LogP contribution < -0.4 is 0 Å². The molecule has 0 saturated heterocycles. The fraction of sp³-hybridized carbons (Fsp3) is 0.200. The average molecular weight is 401 g/mol. The van der Waals surface area contributed by atoms with Crippen LogP contribution in [0.4, 0.5) is 0 Å². The summed E-state index contributed by atoms with van der Waals surface area (Å²) in [5, 5.41) is 0. The summed E-state index contributed by atoms with van der Waals surface area (Å²) in [5.41, 5.74) is 0.566. The smallest absolute Gasteiger partial charge is 0.359 e. The first-order chi connectivity index (χ1) is 13.4. The van der Waals surface area contributed by atoms with Gasteiger partial charge >= 0.3 is 11.9 Å². The lowest BCUT2D eigenvalue weighted by Crippen LogP contribution is -2.39. The molecule has 3 rings (SSSR count). The number of likely N-dealkylation sites (N-methyl/N-ethyl adjacent to an activating group) is 1. The van der Waals surface area contributed by atoms with Gasteiger partial charge in [0, 0.05) is 12.1 Å². The van der Waals surface area contributed by atoms with Crippen LogP contribution in [0.1, 0.15) is 18.1 Å². The third kappa shape index (κ3) is 3.50. The summed E-state index contributed by atoms with van der Waals surface area (Å²) in [4.78, 5) is 24.9. The van der Waals surface area contributed by atoms with E-state index in [-0.39, 0.29) is 34.9 Å². The molecular formula is C20H19NO6S. The van der Waals surface area contributed by atoms with Crippen LogP contribution >= 0.6 is 0 Å². The maximum absolute atomic E-state index is 12.9. The Morgan fingerprint density at radius 2 is 1.64 bits per heavy atom. The van der Waals surface area contributed by atoms with E-state index in [1.165, 1.54) is 12.1 Å². The van der Waals surface area contributed by atoms with Crippen LogP contribution in [0.3, 0.4) is 0 Å². The number of rotatable bonds is 5. The molecule has 146 valence electrons. The van der Waals surface area contributed by atoms with Crippen molar-refractivity contribution >= 4 is 27.7 Å². The molecule has 8 heteroatoms. The highest BCUT2D eigenvalue weighted by atomic mass is 32.2. The zero-order chi connectivity index (χ0) is 20.3. The molecule has 1 heterocycles. The summed E-state index contributed by atoms with van der Waals surface area (Å²) >= 11 is 0. The van der Waals surface area contributed by atoms with E-state index in [4.69, 9.17) is 9.47 Å². The molecule has 0 radical (unpaired) electrons. The molecular weight excluding hydrogens is 382 g/mol. The van der Waals surface area contributed by atoms with Crippen molar-refractivity contribution in [3.05, 3.63) is 71.4 Å². The van der Waals surface area contributed by atoms with Crippen LogP contribution in [-0.2, 0) is 35.5 Å². The van der Waals surface area contributed by atoms with Crippen LogP contribution in [-0.4, -0.2) is 38.3 Å². The maximum Gasteiger partial charge on any atom is 0.359 e. The first-order valence-corrected chi connectivity index (χ1v) is 10.0. The van der Waals surface area contributed by atoms with Gasteiger partial charge in [-0.2, -0.15) is 0 Å². The zero-order valence-corrected chi connectivity index (χ0v) is 16.2. The van der Waals surface area contributed by atoms with Gasteiger partial charge in [0.25, 0.3) is 10.0 Å². The Balaban J connectivity index is 2.11. The summed E-state index contributed by atoms with van der Waals surface area (Å²) in [5.74, 6) is -1.64. The zero-order valence-electron chi connectivity index (χ0n) is 15.4. The number of esters is 2. The minimum absolute atomic E-state index is 0.0269. The van der Waals surface area contributed by atoms with Gasteiger partial charge < -0.3 is 9.47 Å². The molecule has 0 N–H and O–H groups in total. The van der Waals surface area contributed by atoms with Gasteiger partial charge in [0.05, 0.1) is 18.4 Å². The van der Waals surface area contributed by atoms with E-state index in [9.17, 15) is 18.0 Å². The lowest BCUT2D eigenvalue weighted by molar-refractivity contribution is -0.138. The van der Waals surface area contributed by atoms with Gasteiger partial charge in [-0.3, -0.25) is 9.10 Å². The lowest BCUT2D eigenvalue weighted by Gasteiger charge is -2.31. The SMILES string of the molecule is CCN1C(C(=O)OC)=C(OC(=O)Cc2ccccc2)c2ccccc2S1(=O)=O. The second-order valence-electron chi connectivity index (χ2n) is 5.97. The molecule has 2 aromatic carbocycles. The summed E-state index contributed by atoms with van der Waals surface area (Å²) < 4.78 is 37.0. The van der Waals surface area contributed by atoms with Crippen LogP contribution in [0.2, 0.25) is 0 Å². The number of nitrogens with zero attached hydrogens (tertiary/aromatic N) is 1. The lowest BCUT2D eigenvalue weighted by atomic mass is 10.1. The molecule has 0 bridgehead atoms. The Morgan fingerprint density at radius 3 is 2.29 bits per heavy atom. The average Bonchev–Trinajstić information content (AvgIpc) is 2.70. The number of methoxy groups -OCH3 is 1.